The summed E-state index contributed by atoms with van der Waals surface area (Å²) in [6, 6.07) is 15.1. The number of thioether (sulfide) groups is 1. The molecule has 0 aliphatic heterocycles. The van der Waals surface area contributed by atoms with Gasteiger partial charge in [0.25, 0.3) is 0 Å². The minimum Gasteiger partial charge on any atom is -0.399 e. The van der Waals surface area contributed by atoms with E-state index in [9.17, 15) is 5.11 Å². The molecule has 2 aromatic carbocycles. The lowest BCUT2D eigenvalue weighted by molar-refractivity contribution is 0.204. The van der Waals surface area contributed by atoms with Crippen LogP contribution in [0.5, 0.6) is 0 Å². The van der Waals surface area contributed by atoms with Crippen LogP contribution in [0.4, 0.5) is 5.69 Å². The van der Waals surface area contributed by atoms with Crippen LogP contribution in [-0.2, 0) is 5.75 Å². The Kier molecular flexibility index (Phi) is 5.14. The Morgan fingerprint density at radius 3 is 2.68 bits per heavy atom. The zero-order valence-electron chi connectivity index (χ0n) is 10.4. The van der Waals surface area contributed by atoms with Crippen LogP contribution in [-0.4, -0.2) is 10.9 Å². The molecule has 2 aromatic rings. The van der Waals surface area contributed by atoms with Gasteiger partial charge in [0.15, 0.2) is 0 Å². The quantitative estimate of drug-likeness (QED) is 0.822. The molecule has 4 heteroatoms. The van der Waals surface area contributed by atoms with Crippen LogP contribution in [0.3, 0.4) is 0 Å². The fraction of sp³-hybridized carbons (Fsp3) is 0.200. The van der Waals surface area contributed by atoms with Crippen molar-refractivity contribution in [3.05, 3.63) is 64.7 Å². The van der Waals surface area contributed by atoms with E-state index in [-0.39, 0.29) is 0 Å². The van der Waals surface area contributed by atoms with Crippen LogP contribution in [0.2, 0.25) is 5.02 Å². The number of nitrogen functional groups attached to an aromatic ring is 1. The summed E-state index contributed by atoms with van der Waals surface area (Å²) in [5, 5.41) is 10.9. The first-order valence-corrected chi connectivity index (χ1v) is 7.55. The van der Waals surface area contributed by atoms with Crippen molar-refractivity contribution in [1.82, 2.24) is 0 Å². The Morgan fingerprint density at radius 1 is 1.16 bits per heavy atom. The smallest absolute Gasteiger partial charge is 0.0881 e. The molecule has 1 atom stereocenters. The molecule has 0 heterocycles. The summed E-state index contributed by atoms with van der Waals surface area (Å²) in [6.07, 6.45) is -0.504. The third-order valence-corrected chi connectivity index (χ3v) is 4.22. The number of aliphatic hydroxyl groups is 1. The summed E-state index contributed by atoms with van der Waals surface area (Å²) >= 11 is 7.74. The molecule has 1 unspecified atom stereocenters. The summed E-state index contributed by atoms with van der Waals surface area (Å²) in [5.41, 5.74) is 8.32. The number of hydrogen-bond acceptors (Lipinski definition) is 3. The van der Waals surface area contributed by atoms with Crippen molar-refractivity contribution in [2.24, 2.45) is 0 Å². The second-order valence-electron chi connectivity index (χ2n) is 4.29. The van der Waals surface area contributed by atoms with Gasteiger partial charge >= 0.3 is 0 Å². The van der Waals surface area contributed by atoms with Crippen molar-refractivity contribution in [1.29, 1.82) is 0 Å². The molecule has 0 amide bonds. The molecule has 0 radical (unpaired) electrons. The van der Waals surface area contributed by atoms with Crippen LogP contribution in [0.1, 0.15) is 17.2 Å². The van der Waals surface area contributed by atoms with Crippen LogP contribution in [0.25, 0.3) is 0 Å². The first-order chi connectivity index (χ1) is 9.16. The number of hydrogen-bond donors (Lipinski definition) is 2. The van der Waals surface area contributed by atoms with Crippen molar-refractivity contribution in [2.75, 3.05) is 11.5 Å². The Balaban J connectivity index is 1.88. The molecule has 0 saturated carbocycles. The first-order valence-electron chi connectivity index (χ1n) is 6.01. The van der Waals surface area contributed by atoms with Crippen molar-refractivity contribution < 1.29 is 5.11 Å². The predicted molar refractivity (Wildman–Crippen MR) is 83.4 cm³/mol. The van der Waals surface area contributed by atoms with Gasteiger partial charge < -0.3 is 10.8 Å². The lowest BCUT2D eigenvalue weighted by atomic mass is 10.1. The van der Waals surface area contributed by atoms with E-state index in [0.29, 0.717) is 11.4 Å². The van der Waals surface area contributed by atoms with Gasteiger partial charge in [-0.05, 0) is 29.3 Å². The molecule has 0 aliphatic carbocycles. The van der Waals surface area contributed by atoms with Gasteiger partial charge in [-0.2, -0.15) is 11.8 Å². The highest BCUT2D eigenvalue weighted by molar-refractivity contribution is 7.98. The normalized spacial score (nSPS) is 12.3. The predicted octanol–water partition coefficient (Wildman–Crippen LogP) is 3.89. The highest BCUT2D eigenvalue weighted by atomic mass is 35.5. The van der Waals surface area contributed by atoms with Crippen molar-refractivity contribution in [3.8, 4) is 0 Å². The largest absolute Gasteiger partial charge is 0.399 e. The van der Waals surface area contributed by atoms with Crippen molar-refractivity contribution >= 4 is 29.1 Å². The van der Waals surface area contributed by atoms with E-state index in [2.05, 4.69) is 0 Å². The number of rotatable bonds is 5. The molecule has 100 valence electrons. The zero-order valence-corrected chi connectivity index (χ0v) is 12.0. The Hall–Kier alpha value is -1.16. The number of halogens is 1. The van der Waals surface area contributed by atoms with Gasteiger partial charge in [0, 0.05) is 22.2 Å². The average molecular weight is 294 g/mol. The van der Waals surface area contributed by atoms with Gasteiger partial charge in [0.05, 0.1) is 6.10 Å². The zero-order chi connectivity index (χ0) is 13.7. The molecular formula is C15H16ClNOS. The fourth-order valence-electron chi connectivity index (χ4n) is 1.76. The van der Waals surface area contributed by atoms with E-state index in [1.54, 1.807) is 17.8 Å². The van der Waals surface area contributed by atoms with Crippen LogP contribution in [0.15, 0.2) is 48.5 Å². The maximum Gasteiger partial charge on any atom is 0.0881 e. The molecule has 0 aliphatic rings. The topological polar surface area (TPSA) is 46.2 Å². The molecule has 2 nitrogen and oxygen atoms in total. The van der Waals surface area contributed by atoms with E-state index >= 15 is 0 Å². The van der Waals surface area contributed by atoms with E-state index in [0.717, 1.165) is 21.9 Å². The van der Waals surface area contributed by atoms with Crippen molar-refractivity contribution in [2.45, 2.75) is 11.9 Å². The minimum atomic E-state index is -0.504. The van der Waals surface area contributed by atoms with Gasteiger partial charge in [0.2, 0.25) is 0 Å². The maximum absolute atomic E-state index is 10.1. The lowest BCUT2D eigenvalue weighted by Crippen LogP contribution is -2.01. The summed E-state index contributed by atoms with van der Waals surface area (Å²) < 4.78 is 0. The maximum atomic E-state index is 10.1. The SMILES string of the molecule is Nc1cccc(C(O)CSCc2ccccc2Cl)c1. The molecular weight excluding hydrogens is 278 g/mol. The van der Waals surface area contributed by atoms with Gasteiger partial charge in [-0.3, -0.25) is 0 Å². The third kappa shape index (κ3) is 4.16. The Morgan fingerprint density at radius 2 is 1.95 bits per heavy atom. The van der Waals surface area contributed by atoms with E-state index < -0.39 is 6.10 Å². The number of aliphatic hydroxyl groups excluding tert-OH is 1. The van der Waals surface area contributed by atoms with Gasteiger partial charge in [-0.25, -0.2) is 0 Å². The molecule has 0 saturated heterocycles. The summed E-state index contributed by atoms with van der Waals surface area (Å²) in [4.78, 5) is 0. The van der Waals surface area contributed by atoms with Crippen molar-refractivity contribution in [3.63, 3.8) is 0 Å². The van der Waals surface area contributed by atoms with Gasteiger partial charge in [-0.15, -0.1) is 0 Å². The average Bonchev–Trinajstić information content (AvgIpc) is 2.41. The van der Waals surface area contributed by atoms with E-state index in [4.69, 9.17) is 17.3 Å². The summed E-state index contributed by atoms with van der Waals surface area (Å²) in [7, 11) is 0. The number of nitrogens with two attached hydrogens (primary N) is 1. The van der Waals surface area contributed by atoms with Crippen LogP contribution < -0.4 is 5.73 Å². The molecule has 0 spiro atoms. The highest BCUT2D eigenvalue weighted by Crippen LogP contribution is 2.25. The lowest BCUT2D eigenvalue weighted by Gasteiger charge is -2.11. The van der Waals surface area contributed by atoms with Crippen LogP contribution >= 0.6 is 23.4 Å². The summed E-state index contributed by atoms with van der Waals surface area (Å²) in [5.74, 6) is 1.41. The third-order valence-electron chi connectivity index (χ3n) is 2.79. The molecule has 3 N–H and O–H groups in total. The molecule has 0 bridgehead atoms. The second-order valence-corrected chi connectivity index (χ2v) is 5.73. The fourth-order valence-corrected chi connectivity index (χ4v) is 3.05. The molecule has 0 fully saturated rings. The monoisotopic (exact) mass is 293 g/mol. The summed E-state index contributed by atoms with van der Waals surface area (Å²) in [6.45, 7) is 0. The Labute approximate surface area is 122 Å². The van der Waals surface area contributed by atoms with E-state index in [1.807, 2.05) is 42.5 Å². The van der Waals surface area contributed by atoms with Crippen LogP contribution in [0, 0.1) is 0 Å². The number of anilines is 1. The molecule has 19 heavy (non-hydrogen) atoms. The number of benzene rings is 2. The highest BCUT2D eigenvalue weighted by Gasteiger charge is 2.08. The minimum absolute atomic E-state index is 0.504. The van der Waals surface area contributed by atoms with Gasteiger partial charge in [-0.1, -0.05) is 41.9 Å². The standard InChI is InChI=1S/C15H16ClNOS/c16-14-7-2-1-4-12(14)9-19-10-15(18)11-5-3-6-13(17)8-11/h1-8,15,18H,9-10,17H2. The van der Waals surface area contributed by atoms with Gasteiger partial charge in [0.1, 0.15) is 0 Å². The second kappa shape index (κ2) is 6.85. The molecule has 2 rings (SSSR count). The Bertz CT molecular complexity index is 547. The van der Waals surface area contributed by atoms with E-state index in [1.165, 1.54) is 0 Å². The first kappa shape index (κ1) is 14.3. The molecule has 0 aromatic heterocycles.